The molecule has 0 saturated carbocycles. The molecule has 2 N–H and O–H groups in total. The standard InChI is InChI=1S/C15H22N4O2/c1-2-14(20)19(16)15(21)12-17-8-10-18(11-9-17)13-6-4-3-5-7-13/h3-7H,2,8-12,16H2,1H3. The van der Waals surface area contributed by atoms with Gasteiger partial charge in [-0.15, -0.1) is 0 Å². The Hall–Kier alpha value is -1.92. The predicted molar refractivity (Wildman–Crippen MR) is 81.4 cm³/mol. The van der Waals surface area contributed by atoms with Crippen molar-refractivity contribution in [2.24, 2.45) is 5.84 Å². The van der Waals surface area contributed by atoms with E-state index < -0.39 is 0 Å². The van der Waals surface area contributed by atoms with Gasteiger partial charge >= 0.3 is 0 Å². The lowest BCUT2D eigenvalue weighted by molar-refractivity contribution is -0.145. The predicted octanol–water partition coefficient (Wildman–Crippen LogP) is 0.448. The second-order valence-corrected chi connectivity index (χ2v) is 5.11. The minimum absolute atomic E-state index is 0.199. The molecular weight excluding hydrogens is 268 g/mol. The summed E-state index contributed by atoms with van der Waals surface area (Å²) < 4.78 is 0. The van der Waals surface area contributed by atoms with Gasteiger partial charge in [-0.25, -0.2) is 10.9 Å². The second kappa shape index (κ2) is 7.19. The van der Waals surface area contributed by atoms with Gasteiger partial charge in [0.25, 0.3) is 5.91 Å². The summed E-state index contributed by atoms with van der Waals surface area (Å²) in [5, 5.41) is 0.740. The molecule has 0 bridgehead atoms. The molecule has 0 aromatic heterocycles. The Kier molecular flexibility index (Phi) is 5.30. The molecular formula is C15H22N4O2. The van der Waals surface area contributed by atoms with Crippen LogP contribution in [0.1, 0.15) is 13.3 Å². The molecule has 1 aliphatic heterocycles. The van der Waals surface area contributed by atoms with Crippen molar-refractivity contribution in [2.45, 2.75) is 13.3 Å². The molecule has 0 atom stereocenters. The molecule has 0 aliphatic carbocycles. The molecule has 1 fully saturated rings. The van der Waals surface area contributed by atoms with Crippen LogP contribution in [-0.2, 0) is 9.59 Å². The van der Waals surface area contributed by atoms with Crippen molar-refractivity contribution in [3.8, 4) is 0 Å². The summed E-state index contributed by atoms with van der Waals surface area (Å²) in [6.45, 7) is 5.19. The van der Waals surface area contributed by atoms with Gasteiger partial charge in [-0.1, -0.05) is 25.1 Å². The van der Waals surface area contributed by atoms with Crippen LogP contribution in [0, 0.1) is 0 Å². The molecule has 1 aliphatic rings. The number of hydrogen-bond acceptors (Lipinski definition) is 5. The number of anilines is 1. The smallest absolute Gasteiger partial charge is 0.257 e. The zero-order valence-electron chi connectivity index (χ0n) is 12.4. The molecule has 6 heteroatoms. The van der Waals surface area contributed by atoms with Crippen LogP contribution < -0.4 is 10.7 Å². The van der Waals surface area contributed by atoms with Crippen LogP contribution in [0.4, 0.5) is 5.69 Å². The molecule has 21 heavy (non-hydrogen) atoms. The van der Waals surface area contributed by atoms with Gasteiger partial charge in [0.2, 0.25) is 5.91 Å². The van der Waals surface area contributed by atoms with Crippen molar-refractivity contribution in [3.63, 3.8) is 0 Å². The molecule has 0 unspecified atom stereocenters. The molecule has 1 saturated heterocycles. The topological polar surface area (TPSA) is 69.9 Å². The molecule has 1 aromatic rings. The quantitative estimate of drug-likeness (QED) is 0.495. The number of piperazine rings is 1. The van der Waals surface area contributed by atoms with Gasteiger partial charge in [-0.05, 0) is 12.1 Å². The Labute approximate surface area is 125 Å². The number of carbonyl (C=O) groups is 2. The van der Waals surface area contributed by atoms with Gasteiger partial charge in [0.1, 0.15) is 0 Å². The fraction of sp³-hybridized carbons (Fsp3) is 0.467. The van der Waals surface area contributed by atoms with E-state index in [1.165, 1.54) is 5.69 Å². The van der Waals surface area contributed by atoms with E-state index in [1.807, 2.05) is 23.1 Å². The van der Waals surface area contributed by atoms with Crippen molar-refractivity contribution in [2.75, 3.05) is 37.6 Å². The molecule has 0 radical (unpaired) electrons. The van der Waals surface area contributed by atoms with Crippen molar-refractivity contribution in [1.29, 1.82) is 0 Å². The molecule has 0 spiro atoms. The minimum Gasteiger partial charge on any atom is -0.369 e. The normalized spacial score (nSPS) is 15.8. The van der Waals surface area contributed by atoms with Crippen LogP contribution in [0.3, 0.4) is 0 Å². The summed E-state index contributed by atoms with van der Waals surface area (Å²) in [6.07, 6.45) is 0.240. The van der Waals surface area contributed by atoms with Crippen molar-refractivity contribution in [3.05, 3.63) is 30.3 Å². The number of rotatable bonds is 4. The van der Waals surface area contributed by atoms with Crippen molar-refractivity contribution < 1.29 is 9.59 Å². The number of nitrogens with two attached hydrogens (primary N) is 1. The van der Waals surface area contributed by atoms with E-state index in [-0.39, 0.29) is 24.8 Å². The largest absolute Gasteiger partial charge is 0.369 e. The maximum atomic E-state index is 11.9. The fourth-order valence-corrected chi connectivity index (χ4v) is 2.38. The first-order chi connectivity index (χ1) is 10.1. The lowest BCUT2D eigenvalue weighted by Crippen LogP contribution is -2.52. The first kappa shape index (κ1) is 15.5. The average Bonchev–Trinajstić information content (AvgIpc) is 2.54. The molecule has 2 rings (SSSR count). The number of benzene rings is 1. The third kappa shape index (κ3) is 4.03. The lowest BCUT2D eigenvalue weighted by atomic mass is 10.2. The third-order valence-electron chi connectivity index (χ3n) is 3.69. The highest BCUT2D eigenvalue weighted by Crippen LogP contribution is 2.15. The van der Waals surface area contributed by atoms with E-state index in [4.69, 9.17) is 5.84 Å². The number of nitrogens with zero attached hydrogens (tertiary/aromatic N) is 3. The van der Waals surface area contributed by atoms with Gasteiger partial charge in [-0.2, -0.15) is 0 Å². The van der Waals surface area contributed by atoms with E-state index in [0.717, 1.165) is 31.2 Å². The Balaban J connectivity index is 1.82. The Morgan fingerprint density at radius 2 is 1.71 bits per heavy atom. The number of para-hydroxylation sites is 1. The summed E-state index contributed by atoms with van der Waals surface area (Å²) in [4.78, 5) is 27.6. The molecule has 114 valence electrons. The molecule has 2 amide bonds. The van der Waals surface area contributed by atoms with Crippen molar-refractivity contribution in [1.82, 2.24) is 9.91 Å². The van der Waals surface area contributed by atoms with Crippen LogP contribution in [0.2, 0.25) is 0 Å². The van der Waals surface area contributed by atoms with Crippen LogP contribution in [0.5, 0.6) is 0 Å². The van der Waals surface area contributed by atoms with E-state index >= 15 is 0 Å². The lowest BCUT2D eigenvalue weighted by Gasteiger charge is -2.36. The zero-order chi connectivity index (χ0) is 15.2. The van der Waals surface area contributed by atoms with Gasteiger partial charge in [0.05, 0.1) is 6.54 Å². The summed E-state index contributed by atoms with van der Waals surface area (Å²) in [6, 6.07) is 10.2. The minimum atomic E-state index is -0.345. The summed E-state index contributed by atoms with van der Waals surface area (Å²) >= 11 is 0. The van der Waals surface area contributed by atoms with E-state index in [1.54, 1.807) is 6.92 Å². The summed E-state index contributed by atoms with van der Waals surface area (Å²) in [5.41, 5.74) is 1.20. The second-order valence-electron chi connectivity index (χ2n) is 5.11. The maximum Gasteiger partial charge on any atom is 0.257 e. The Morgan fingerprint density at radius 3 is 2.29 bits per heavy atom. The number of hydrazine groups is 1. The first-order valence-electron chi connectivity index (χ1n) is 7.24. The highest BCUT2D eigenvalue weighted by Gasteiger charge is 2.22. The van der Waals surface area contributed by atoms with E-state index in [0.29, 0.717) is 0 Å². The van der Waals surface area contributed by atoms with Crippen LogP contribution in [-0.4, -0.2) is 54.4 Å². The fourth-order valence-electron chi connectivity index (χ4n) is 2.38. The SMILES string of the molecule is CCC(=O)N(N)C(=O)CN1CCN(c2ccccc2)CC1. The van der Waals surface area contributed by atoms with E-state index in [2.05, 4.69) is 17.0 Å². The molecule has 6 nitrogen and oxygen atoms in total. The third-order valence-corrected chi connectivity index (χ3v) is 3.69. The van der Waals surface area contributed by atoms with Gasteiger partial charge in [0, 0.05) is 38.3 Å². The Bertz CT molecular complexity index is 484. The highest BCUT2D eigenvalue weighted by atomic mass is 16.2. The van der Waals surface area contributed by atoms with Gasteiger partial charge < -0.3 is 4.90 Å². The van der Waals surface area contributed by atoms with Gasteiger partial charge in [-0.3, -0.25) is 14.5 Å². The molecule has 1 heterocycles. The Morgan fingerprint density at radius 1 is 1.10 bits per heavy atom. The van der Waals surface area contributed by atoms with Gasteiger partial charge in [0.15, 0.2) is 0 Å². The molecule has 1 aromatic carbocycles. The number of amides is 2. The number of carbonyl (C=O) groups excluding carboxylic acids is 2. The summed E-state index contributed by atoms with van der Waals surface area (Å²) in [7, 11) is 0. The van der Waals surface area contributed by atoms with Crippen molar-refractivity contribution >= 4 is 17.5 Å². The number of imide groups is 1. The van der Waals surface area contributed by atoms with E-state index in [9.17, 15) is 9.59 Å². The van der Waals surface area contributed by atoms with Crippen LogP contribution >= 0.6 is 0 Å². The zero-order valence-corrected chi connectivity index (χ0v) is 12.4. The highest BCUT2D eigenvalue weighted by molar-refractivity contribution is 5.95. The van der Waals surface area contributed by atoms with Crippen LogP contribution in [0.15, 0.2) is 30.3 Å². The monoisotopic (exact) mass is 290 g/mol. The first-order valence-corrected chi connectivity index (χ1v) is 7.24. The average molecular weight is 290 g/mol. The maximum absolute atomic E-state index is 11.9. The summed E-state index contributed by atoms with van der Waals surface area (Å²) in [5.74, 6) is 4.82. The number of hydrogen-bond donors (Lipinski definition) is 1. The van der Waals surface area contributed by atoms with Crippen LogP contribution in [0.25, 0.3) is 0 Å².